The van der Waals surface area contributed by atoms with Gasteiger partial charge in [0.1, 0.15) is 0 Å². The average molecular weight is 322 g/mol. The highest BCUT2D eigenvalue weighted by molar-refractivity contribution is 9.10. The van der Waals surface area contributed by atoms with Crippen molar-refractivity contribution in [3.8, 4) is 0 Å². The number of fused-ring (bicyclic) bond motifs is 2. The number of carbonyl (C=O) groups excluding carboxylic acids is 2. The maximum Gasteiger partial charge on any atom is 0.196 e. The fourth-order valence-electron chi connectivity index (χ4n) is 2.16. The minimum Gasteiger partial charge on any atom is -0.289 e. The maximum absolute atomic E-state index is 12.4. The van der Waals surface area contributed by atoms with E-state index < -0.39 is 0 Å². The minimum atomic E-state index is -0.202. The number of hydrogen-bond donors (Lipinski definition) is 0. The number of halogens is 2. The molecular formula is C14H6BrClO2. The van der Waals surface area contributed by atoms with Crippen LogP contribution >= 0.6 is 27.5 Å². The molecule has 2 nitrogen and oxygen atoms in total. The van der Waals surface area contributed by atoms with Crippen LogP contribution in [0.2, 0.25) is 5.02 Å². The zero-order valence-electron chi connectivity index (χ0n) is 9.04. The van der Waals surface area contributed by atoms with E-state index in [-0.39, 0.29) is 11.6 Å². The van der Waals surface area contributed by atoms with E-state index in [0.29, 0.717) is 31.7 Å². The van der Waals surface area contributed by atoms with Crippen molar-refractivity contribution in [2.75, 3.05) is 0 Å². The molecule has 0 aliphatic heterocycles. The summed E-state index contributed by atoms with van der Waals surface area (Å²) in [5.41, 5.74) is 1.48. The lowest BCUT2D eigenvalue weighted by Crippen LogP contribution is -2.21. The SMILES string of the molecule is O=C1c2cccc(Br)c2C(=O)c2cccc(Cl)c21. The molecule has 0 fully saturated rings. The van der Waals surface area contributed by atoms with Gasteiger partial charge in [-0.05, 0) is 12.1 Å². The predicted molar refractivity (Wildman–Crippen MR) is 72.5 cm³/mol. The summed E-state index contributed by atoms with van der Waals surface area (Å²) in [6.07, 6.45) is 0. The molecule has 0 N–H and O–H groups in total. The summed E-state index contributed by atoms with van der Waals surface area (Å²) in [5, 5.41) is 0.316. The van der Waals surface area contributed by atoms with Crippen molar-refractivity contribution >= 4 is 39.1 Å². The Labute approximate surface area is 117 Å². The van der Waals surface area contributed by atoms with Gasteiger partial charge in [0.05, 0.1) is 10.6 Å². The van der Waals surface area contributed by atoms with E-state index in [4.69, 9.17) is 11.6 Å². The summed E-state index contributed by atoms with van der Waals surface area (Å²) in [6.45, 7) is 0. The van der Waals surface area contributed by atoms with Gasteiger partial charge in [-0.15, -0.1) is 0 Å². The molecule has 2 aromatic rings. The monoisotopic (exact) mass is 320 g/mol. The van der Waals surface area contributed by atoms with E-state index in [2.05, 4.69) is 15.9 Å². The molecule has 1 aliphatic carbocycles. The highest BCUT2D eigenvalue weighted by Crippen LogP contribution is 2.34. The van der Waals surface area contributed by atoms with Gasteiger partial charge in [0, 0.05) is 21.2 Å². The smallest absolute Gasteiger partial charge is 0.196 e. The molecule has 0 saturated heterocycles. The Morgan fingerprint density at radius 2 is 1.39 bits per heavy atom. The van der Waals surface area contributed by atoms with E-state index in [1.165, 1.54) is 0 Å². The number of ketones is 2. The minimum absolute atomic E-state index is 0.172. The van der Waals surface area contributed by atoms with Gasteiger partial charge in [-0.1, -0.05) is 51.8 Å². The van der Waals surface area contributed by atoms with E-state index >= 15 is 0 Å². The second kappa shape index (κ2) is 4.04. The molecule has 0 spiro atoms. The van der Waals surface area contributed by atoms with Crippen LogP contribution in [0.1, 0.15) is 31.8 Å². The van der Waals surface area contributed by atoms with Gasteiger partial charge in [-0.2, -0.15) is 0 Å². The quantitative estimate of drug-likeness (QED) is 0.630. The molecule has 0 aromatic heterocycles. The number of carbonyl (C=O) groups is 2. The van der Waals surface area contributed by atoms with Crippen LogP contribution in [0.25, 0.3) is 0 Å². The number of benzene rings is 2. The zero-order chi connectivity index (χ0) is 12.9. The van der Waals surface area contributed by atoms with Crippen molar-refractivity contribution in [1.82, 2.24) is 0 Å². The summed E-state index contributed by atoms with van der Waals surface area (Å²) in [6, 6.07) is 10.1. The average Bonchev–Trinajstić information content (AvgIpc) is 2.35. The molecule has 4 heteroatoms. The zero-order valence-corrected chi connectivity index (χ0v) is 11.4. The third-order valence-electron chi connectivity index (χ3n) is 2.97. The molecule has 2 aromatic carbocycles. The second-order valence-corrected chi connectivity index (χ2v) is 5.24. The lowest BCUT2D eigenvalue weighted by Gasteiger charge is -2.19. The Hall–Kier alpha value is -1.45. The van der Waals surface area contributed by atoms with E-state index in [0.717, 1.165) is 0 Å². The van der Waals surface area contributed by atoms with Crippen LogP contribution in [0.4, 0.5) is 0 Å². The van der Waals surface area contributed by atoms with Crippen molar-refractivity contribution in [3.63, 3.8) is 0 Å². The van der Waals surface area contributed by atoms with Gasteiger partial charge < -0.3 is 0 Å². The molecule has 0 saturated carbocycles. The van der Waals surface area contributed by atoms with Crippen LogP contribution in [0.3, 0.4) is 0 Å². The van der Waals surface area contributed by atoms with Gasteiger partial charge >= 0.3 is 0 Å². The number of hydrogen-bond acceptors (Lipinski definition) is 2. The van der Waals surface area contributed by atoms with Gasteiger partial charge in [0.2, 0.25) is 0 Å². The molecule has 0 radical (unpaired) electrons. The molecule has 3 rings (SSSR count). The maximum atomic E-state index is 12.4. The first-order valence-corrected chi connectivity index (χ1v) is 6.45. The lowest BCUT2D eigenvalue weighted by atomic mass is 9.84. The van der Waals surface area contributed by atoms with Crippen molar-refractivity contribution < 1.29 is 9.59 Å². The van der Waals surface area contributed by atoms with Crippen LogP contribution in [0.15, 0.2) is 40.9 Å². The Bertz CT molecular complexity index is 645. The third-order valence-corrected chi connectivity index (χ3v) is 3.95. The molecule has 1 aliphatic rings. The third kappa shape index (κ3) is 1.48. The Balaban J connectivity index is 2.40. The van der Waals surface area contributed by atoms with Crippen LogP contribution in [0, 0.1) is 0 Å². The highest BCUT2D eigenvalue weighted by Gasteiger charge is 2.32. The lowest BCUT2D eigenvalue weighted by molar-refractivity contribution is 0.0978. The molecule has 0 heterocycles. The topological polar surface area (TPSA) is 34.1 Å². The first-order chi connectivity index (χ1) is 8.61. The molecule has 0 amide bonds. The van der Waals surface area contributed by atoms with E-state index in [9.17, 15) is 9.59 Å². The van der Waals surface area contributed by atoms with Crippen molar-refractivity contribution in [1.29, 1.82) is 0 Å². The molecule has 88 valence electrons. The summed E-state index contributed by atoms with van der Waals surface area (Å²) >= 11 is 9.34. The van der Waals surface area contributed by atoms with E-state index in [1.807, 2.05) is 0 Å². The normalized spacial score (nSPS) is 13.2. The predicted octanol–water partition coefficient (Wildman–Crippen LogP) is 3.88. The molecular weight excluding hydrogens is 316 g/mol. The number of rotatable bonds is 0. The summed E-state index contributed by atoms with van der Waals surface area (Å²) in [5.74, 6) is -0.374. The van der Waals surface area contributed by atoms with Crippen molar-refractivity contribution in [3.05, 3.63) is 68.1 Å². The van der Waals surface area contributed by atoms with Gasteiger partial charge in [0.25, 0.3) is 0 Å². The fourth-order valence-corrected chi connectivity index (χ4v) is 2.96. The first-order valence-electron chi connectivity index (χ1n) is 5.27. The van der Waals surface area contributed by atoms with Crippen LogP contribution < -0.4 is 0 Å². The van der Waals surface area contributed by atoms with E-state index in [1.54, 1.807) is 36.4 Å². The first kappa shape index (κ1) is 11.6. The van der Waals surface area contributed by atoms with Gasteiger partial charge in [-0.25, -0.2) is 0 Å². The molecule has 0 bridgehead atoms. The Kier molecular flexibility index (Phi) is 2.61. The summed E-state index contributed by atoms with van der Waals surface area (Å²) in [4.78, 5) is 24.8. The van der Waals surface area contributed by atoms with Gasteiger partial charge in [0.15, 0.2) is 11.6 Å². The van der Waals surface area contributed by atoms with Gasteiger partial charge in [-0.3, -0.25) is 9.59 Å². The largest absolute Gasteiger partial charge is 0.289 e. The Morgan fingerprint density at radius 3 is 2.11 bits per heavy atom. The fraction of sp³-hybridized carbons (Fsp3) is 0. The molecule has 18 heavy (non-hydrogen) atoms. The second-order valence-electron chi connectivity index (χ2n) is 3.98. The van der Waals surface area contributed by atoms with Crippen molar-refractivity contribution in [2.24, 2.45) is 0 Å². The Morgan fingerprint density at radius 1 is 0.833 bits per heavy atom. The van der Waals surface area contributed by atoms with Crippen molar-refractivity contribution in [2.45, 2.75) is 0 Å². The summed E-state index contributed by atoms with van der Waals surface area (Å²) in [7, 11) is 0. The molecule has 0 atom stereocenters. The van der Waals surface area contributed by atoms with Crippen LogP contribution in [-0.4, -0.2) is 11.6 Å². The highest BCUT2D eigenvalue weighted by atomic mass is 79.9. The van der Waals surface area contributed by atoms with Crippen LogP contribution in [-0.2, 0) is 0 Å². The van der Waals surface area contributed by atoms with Crippen LogP contribution in [0.5, 0.6) is 0 Å². The summed E-state index contributed by atoms with van der Waals surface area (Å²) < 4.78 is 0.629. The standard InChI is InChI=1S/C14H6BrClO2/c15-9-5-1-3-7-11(9)13(17)8-4-2-6-10(16)12(8)14(7)18/h1-6H. The molecule has 0 unspecified atom stereocenters.